The lowest BCUT2D eigenvalue weighted by atomic mass is 9.95. The lowest BCUT2D eigenvalue weighted by Gasteiger charge is -2.39. The van der Waals surface area contributed by atoms with Crippen molar-refractivity contribution in [3.8, 4) is 5.75 Å². The van der Waals surface area contributed by atoms with Gasteiger partial charge in [-0.15, -0.1) is 0 Å². The molecule has 1 saturated heterocycles. The average Bonchev–Trinajstić information content (AvgIpc) is 2.98. The fourth-order valence-electron chi connectivity index (χ4n) is 3.62. The summed E-state index contributed by atoms with van der Waals surface area (Å²) in [7, 11) is 4.37. The Labute approximate surface area is 128 Å². The van der Waals surface area contributed by atoms with Gasteiger partial charge in [0.05, 0.1) is 12.1 Å². The predicted molar refractivity (Wildman–Crippen MR) is 85.8 cm³/mol. The molecule has 0 amide bonds. The van der Waals surface area contributed by atoms with Crippen LogP contribution in [0.4, 0.5) is 0 Å². The van der Waals surface area contributed by atoms with Crippen LogP contribution in [0.5, 0.6) is 5.75 Å². The Morgan fingerprint density at radius 1 is 1.33 bits per heavy atom. The number of nitrogens with one attached hydrogen (secondary N) is 1. The van der Waals surface area contributed by atoms with Crippen LogP contribution in [0, 0.1) is 0 Å². The average molecular weight is 289 g/mol. The Balaban J connectivity index is 1.79. The zero-order valence-electron chi connectivity index (χ0n) is 13.4. The lowest BCUT2D eigenvalue weighted by Crippen LogP contribution is -2.50. The molecular formula is C17H27N3O. The number of fused-ring (bicyclic) bond motifs is 1. The van der Waals surface area contributed by atoms with Crippen LogP contribution in [0.25, 0.3) is 0 Å². The molecule has 4 nitrogen and oxygen atoms in total. The second kappa shape index (κ2) is 6.34. The van der Waals surface area contributed by atoms with Gasteiger partial charge in [-0.05, 0) is 33.1 Å². The van der Waals surface area contributed by atoms with E-state index in [0.717, 1.165) is 25.4 Å². The highest BCUT2D eigenvalue weighted by molar-refractivity contribution is 5.38. The van der Waals surface area contributed by atoms with Gasteiger partial charge in [0.15, 0.2) is 0 Å². The van der Waals surface area contributed by atoms with Gasteiger partial charge in [0.25, 0.3) is 0 Å². The third-order valence-electron chi connectivity index (χ3n) is 4.87. The number of benzene rings is 1. The summed E-state index contributed by atoms with van der Waals surface area (Å²) in [6.45, 7) is 6.27. The van der Waals surface area contributed by atoms with Crippen LogP contribution in [0.2, 0.25) is 0 Å². The van der Waals surface area contributed by atoms with Crippen LogP contribution in [0.15, 0.2) is 24.3 Å². The standard InChI is InChI=1S/C17H27N3O/c1-4-18-17-14-7-5-6-8-16(14)21-12-15(17)20-10-9-13(11-20)19(2)3/h5-8,13,15,17-18H,4,9-12H2,1-3H3. The molecule has 3 atom stereocenters. The first-order chi connectivity index (χ1) is 10.2. The molecule has 3 unspecified atom stereocenters. The quantitative estimate of drug-likeness (QED) is 0.914. The Morgan fingerprint density at radius 3 is 2.86 bits per heavy atom. The van der Waals surface area contributed by atoms with Gasteiger partial charge in [0.2, 0.25) is 0 Å². The predicted octanol–water partition coefficient (Wildman–Crippen LogP) is 1.73. The fourth-order valence-corrected chi connectivity index (χ4v) is 3.62. The number of hydrogen-bond donors (Lipinski definition) is 1. The molecule has 0 aliphatic carbocycles. The lowest BCUT2D eigenvalue weighted by molar-refractivity contribution is 0.0996. The summed E-state index contributed by atoms with van der Waals surface area (Å²) in [5.74, 6) is 1.04. The fraction of sp³-hybridized carbons (Fsp3) is 0.647. The van der Waals surface area contributed by atoms with Crippen molar-refractivity contribution in [1.29, 1.82) is 0 Å². The third-order valence-corrected chi connectivity index (χ3v) is 4.87. The first-order valence-corrected chi connectivity index (χ1v) is 8.06. The molecule has 2 aliphatic heterocycles. The van der Waals surface area contributed by atoms with E-state index >= 15 is 0 Å². The third kappa shape index (κ3) is 2.93. The molecule has 2 heterocycles. The first-order valence-electron chi connectivity index (χ1n) is 8.06. The number of likely N-dealkylation sites (N-methyl/N-ethyl adjacent to an activating group) is 2. The number of para-hydroxylation sites is 1. The second-order valence-corrected chi connectivity index (χ2v) is 6.35. The molecule has 0 aromatic heterocycles. The van der Waals surface area contributed by atoms with Crippen LogP contribution in [0.1, 0.15) is 24.9 Å². The van der Waals surface area contributed by atoms with Crippen LogP contribution in [-0.4, -0.2) is 62.2 Å². The van der Waals surface area contributed by atoms with Crippen LogP contribution >= 0.6 is 0 Å². The molecule has 116 valence electrons. The van der Waals surface area contributed by atoms with E-state index in [1.807, 2.05) is 0 Å². The van der Waals surface area contributed by atoms with Gasteiger partial charge in [0.1, 0.15) is 12.4 Å². The summed E-state index contributed by atoms with van der Waals surface area (Å²) in [6.07, 6.45) is 1.25. The number of ether oxygens (including phenoxy) is 1. The minimum Gasteiger partial charge on any atom is -0.492 e. The smallest absolute Gasteiger partial charge is 0.124 e. The maximum Gasteiger partial charge on any atom is 0.124 e. The van der Waals surface area contributed by atoms with Crippen LogP contribution in [0.3, 0.4) is 0 Å². The molecule has 1 fully saturated rings. The van der Waals surface area contributed by atoms with Crippen molar-refractivity contribution in [2.24, 2.45) is 0 Å². The molecule has 0 spiro atoms. The first kappa shape index (κ1) is 14.8. The van der Waals surface area contributed by atoms with Gasteiger partial charge in [-0.1, -0.05) is 25.1 Å². The molecule has 4 heteroatoms. The second-order valence-electron chi connectivity index (χ2n) is 6.35. The highest BCUT2D eigenvalue weighted by Gasteiger charge is 2.37. The highest BCUT2D eigenvalue weighted by Crippen LogP contribution is 2.35. The SMILES string of the molecule is CCNC1c2ccccc2OCC1N1CCC(N(C)C)C1. The van der Waals surface area contributed by atoms with Crippen LogP contribution in [-0.2, 0) is 0 Å². The molecule has 0 radical (unpaired) electrons. The Bertz CT molecular complexity index is 477. The van der Waals surface area contributed by atoms with Gasteiger partial charge in [-0.25, -0.2) is 0 Å². The van der Waals surface area contributed by atoms with Crippen molar-refractivity contribution in [2.45, 2.75) is 31.5 Å². The minimum atomic E-state index is 0.376. The summed E-state index contributed by atoms with van der Waals surface area (Å²) < 4.78 is 6.03. The Kier molecular flexibility index (Phi) is 4.48. The zero-order valence-corrected chi connectivity index (χ0v) is 13.4. The molecule has 0 bridgehead atoms. The maximum atomic E-state index is 6.03. The number of hydrogen-bond acceptors (Lipinski definition) is 4. The molecular weight excluding hydrogens is 262 g/mol. The summed E-state index contributed by atoms with van der Waals surface area (Å²) in [5, 5.41) is 3.68. The monoisotopic (exact) mass is 289 g/mol. The van der Waals surface area contributed by atoms with E-state index in [4.69, 9.17) is 4.74 Å². The number of nitrogens with zero attached hydrogens (tertiary/aromatic N) is 2. The topological polar surface area (TPSA) is 27.7 Å². The van der Waals surface area contributed by atoms with Gasteiger partial charge >= 0.3 is 0 Å². The van der Waals surface area contributed by atoms with E-state index in [2.05, 4.69) is 60.4 Å². The van der Waals surface area contributed by atoms with Gasteiger partial charge in [-0.2, -0.15) is 0 Å². The molecule has 1 N–H and O–H groups in total. The largest absolute Gasteiger partial charge is 0.492 e. The number of likely N-dealkylation sites (tertiary alicyclic amines) is 1. The summed E-state index contributed by atoms with van der Waals surface area (Å²) >= 11 is 0. The molecule has 21 heavy (non-hydrogen) atoms. The van der Waals surface area contributed by atoms with E-state index in [9.17, 15) is 0 Å². The van der Waals surface area contributed by atoms with E-state index in [1.54, 1.807) is 0 Å². The summed E-state index contributed by atoms with van der Waals surface area (Å²) in [6, 6.07) is 9.94. The van der Waals surface area contributed by atoms with Crippen molar-refractivity contribution in [3.63, 3.8) is 0 Å². The summed E-state index contributed by atoms with van der Waals surface area (Å²) in [4.78, 5) is 4.95. The molecule has 2 aliphatic rings. The molecule has 1 aromatic carbocycles. The van der Waals surface area contributed by atoms with Crippen LogP contribution < -0.4 is 10.1 Å². The normalized spacial score (nSPS) is 29.4. The molecule has 3 rings (SSSR count). The minimum absolute atomic E-state index is 0.376. The Hall–Kier alpha value is -1.10. The van der Waals surface area contributed by atoms with Crippen molar-refractivity contribution in [2.75, 3.05) is 40.3 Å². The zero-order chi connectivity index (χ0) is 14.8. The van der Waals surface area contributed by atoms with Crippen molar-refractivity contribution >= 4 is 0 Å². The van der Waals surface area contributed by atoms with E-state index in [0.29, 0.717) is 18.1 Å². The summed E-state index contributed by atoms with van der Waals surface area (Å²) in [5.41, 5.74) is 1.31. The van der Waals surface area contributed by atoms with Crippen molar-refractivity contribution in [3.05, 3.63) is 29.8 Å². The van der Waals surface area contributed by atoms with Crippen molar-refractivity contribution < 1.29 is 4.74 Å². The van der Waals surface area contributed by atoms with Gasteiger partial charge in [0, 0.05) is 24.7 Å². The van der Waals surface area contributed by atoms with Gasteiger partial charge in [-0.3, -0.25) is 4.90 Å². The Morgan fingerprint density at radius 2 is 2.14 bits per heavy atom. The number of rotatable bonds is 4. The van der Waals surface area contributed by atoms with E-state index in [-0.39, 0.29) is 0 Å². The van der Waals surface area contributed by atoms with Gasteiger partial charge < -0.3 is 15.0 Å². The van der Waals surface area contributed by atoms with E-state index < -0.39 is 0 Å². The highest BCUT2D eigenvalue weighted by atomic mass is 16.5. The molecule has 0 saturated carbocycles. The van der Waals surface area contributed by atoms with E-state index in [1.165, 1.54) is 18.5 Å². The maximum absolute atomic E-state index is 6.03. The molecule has 1 aromatic rings. The van der Waals surface area contributed by atoms with Crippen molar-refractivity contribution in [1.82, 2.24) is 15.1 Å².